The third kappa shape index (κ3) is 5.75. The van der Waals surface area contributed by atoms with Gasteiger partial charge in [0.25, 0.3) is 5.78 Å². The van der Waals surface area contributed by atoms with Gasteiger partial charge in [0.1, 0.15) is 6.42 Å². The lowest BCUT2D eigenvalue weighted by molar-refractivity contribution is -0.137. The van der Waals surface area contributed by atoms with Crippen molar-refractivity contribution in [2.24, 2.45) is 5.73 Å². The van der Waals surface area contributed by atoms with Crippen LogP contribution in [0.2, 0.25) is 0 Å². The molecule has 0 saturated heterocycles. The summed E-state index contributed by atoms with van der Waals surface area (Å²) >= 11 is 0. The fraction of sp³-hybridized carbons (Fsp3) is 0.750. The van der Waals surface area contributed by atoms with E-state index in [-0.39, 0.29) is 0 Å². The molecule has 7 nitrogen and oxygen atoms in total. The van der Waals surface area contributed by atoms with E-state index in [9.17, 15) is 14.2 Å². The van der Waals surface area contributed by atoms with Gasteiger partial charge >= 0.3 is 14.0 Å². The van der Waals surface area contributed by atoms with Gasteiger partial charge in [-0.2, -0.15) is 4.89 Å². The van der Waals surface area contributed by atoms with Crippen LogP contribution in [-0.2, 0) is 14.2 Å². The van der Waals surface area contributed by atoms with Crippen LogP contribution in [0.25, 0.3) is 0 Å². The Balaban J connectivity index is 4.34. The summed E-state index contributed by atoms with van der Waals surface area (Å²) in [4.78, 5) is 30.5. The Labute approximate surface area is 93.9 Å². The average Bonchev–Trinajstić information content (AvgIpc) is 2.16. The molecule has 0 bridgehead atoms. The second kappa shape index (κ2) is 7.27. The Morgan fingerprint density at radius 2 is 2.06 bits per heavy atom. The molecule has 0 heterocycles. The molecule has 0 aliphatic carbocycles. The predicted octanol–water partition coefficient (Wildman–Crippen LogP) is -0.235. The summed E-state index contributed by atoms with van der Waals surface area (Å²) in [5.74, 6) is -3.15. The summed E-state index contributed by atoms with van der Waals surface area (Å²) in [6, 6.07) is -0.781. The van der Waals surface area contributed by atoms with Crippen LogP contribution in [0.5, 0.6) is 0 Å². The lowest BCUT2D eigenvalue weighted by atomic mass is 10.1. The van der Waals surface area contributed by atoms with Crippen LogP contribution < -0.4 is 11.1 Å². The Kier molecular flexibility index (Phi) is 6.80. The van der Waals surface area contributed by atoms with Crippen LogP contribution in [0.1, 0.15) is 26.2 Å². The smallest absolute Gasteiger partial charge is 0.481 e. The van der Waals surface area contributed by atoms with E-state index in [4.69, 9.17) is 15.7 Å². The number of carbonyl (C=O) groups excluding carboxylic acids is 1. The van der Waals surface area contributed by atoms with Gasteiger partial charge in [-0.15, -0.1) is 0 Å². The maximum absolute atomic E-state index is 11.4. The fourth-order valence-corrected chi connectivity index (χ4v) is 1.61. The maximum Gasteiger partial charge on any atom is 0.531 e. The molecule has 0 aromatic rings. The van der Waals surface area contributed by atoms with Crippen LogP contribution >= 0.6 is 8.03 Å². The molecule has 1 amide bonds. The van der Waals surface area contributed by atoms with Gasteiger partial charge < -0.3 is 16.2 Å². The standard InChI is InChI=1S/C8H15N2O5P/c1-2-3-5(9)8(13)10-6(16(14)15)4-7(11)12/h5-6H,2-4,9H2,1H3,(H2-,10,11,12,13,14,15)/p+1/t5-,6?/m0/s1. The number of hydrogen-bond donors (Lipinski definition) is 4. The van der Waals surface area contributed by atoms with Crippen molar-refractivity contribution < 1.29 is 24.2 Å². The topological polar surface area (TPSA) is 130 Å². The molecular weight excluding hydrogens is 235 g/mol. The monoisotopic (exact) mass is 251 g/mol. The maximum atomic E-state index is 11.4. The van der Waals surface area contributed by atoms with Crippen LogP contribution in [0, 0.1) is 0 Å². The lowest BCUT2D eigenvalue weighted by Crippen LogP contribution is -2.44. The molecule has 8 heteroatoms. The van der Waals surface area contributed by atoms with Gasteiger partial charge in [-0.1, -0.05) is 13.3 Å². The molecule has 0 rings (SSSR count). The molecule has 5 N–H and O–H groups in total. The first kappa shape index (κ1) is 15.0. The van der Waals surface area contributed by atoms with Gasteiger partial charge in [0.15, 0.2) is 0 Å². The minimum absolute atomic E-state index is 0.438. The molecule has 3 atom stereocenters. The molecule has 2 unspecified atom stereocenters. The van der Waals surface area contributed by atoms with E-state index in [1.165, 1.54) is 0 Å². The largest absolute Gasteiger partial charge is 0.531 e. The first-order chi connectivity index (χ1) is 7.38. The molecule has 0 aliphatic heterocycles. The van der Waals surface area contributed by atoms with Crippen LogP contribution in [0.4, 0.5) is 0 Å². The fourth-order valence-electron chi connectivity index (χ4n) is 1.06. The first-order valence-corrected chi connectivity index (χ1v) is 6.09. The molecule has 0 radical (unpaired) electrons. The number of amides is 1. The van der Waals surface area contributed by atoms with Crippen molar-refractivity contribution in [3.8, 4) is 0 Å². The van der Waals surface area contributed by atoms with E-state index < -0.39 is 38.2 Å². The molecule has 0 aliphatic rings. The van der Waals surface area contributed by atoms with E-state index >= 15 is 0 Å². The zero-order valence-electron chi connectivity index (χ0n) is 8.92. The molecular formula is C8H16N2O5P+. The highest BCUT2D eigenvalue weighted by atomic mass is 31.1. The SMILES string of the molecule is CCC[C@H](N)C(=O)NC(CC(=O)O)[P+](=O)O. The zero-order chi connectivity index (χ0) is 12.7. The summed E-state index contributed by atoms with van der Waals surface area (Å²) in [5, 5.41) is 10.6. The second-order valence-electron chi connectivity index (χ2n) is 3.32. The van der Waals surface area contributed by atoms with E-state index in [1.807, 2.05) is 6.92 Å². The van der Waals surface area contributed by atoms with Crippen LogP contribution in [0.15, 0.2) is 0 Å². The number of carboxylic acid groups (broad SMARTS) is 1. The van der Waals surface area contributed by atoms with Crippen molar-refractivity contribution in [1.29, 1.82) is 0 Å². The molecule has 0 fully saturated rings. The van der Waals surface area contributed by atoms with Gasteiger partial charge in [0.2, 0.25) is 5.91 Å². The number of nitrogens with one attached hydrogen (secondary N) is 1. The van der Waals surface area contributed by atoms with Gasteiger partial charge in [-0.05, 0) is 11.0 Å². The molecule has 0 aromatic carbocycles. The predicted molar refractivity (Wildman–Crippen MR) is 56.9 cm³/mol. The van der Waals surface area contributed by atoms with E-state index in [0.717, 1.165) is 0 Å². The summed E-state index contributed by atoms with van der Waals surface area (Å²) in [6.45, 7) is 1.84. The van der Waals surface area contributed by atoms with E-state index in [1.54, 1.807) is 0 Å². The number of hydrogen-bond acceptors (Lipinski definition) is 4. The average molecular weight is 251 g/mol. The highest BCUT2D eigenvalue weighted by molar-refractivity contribution is 7.38. The Hall–Kier alpha value is -1.04. The van der Waals surface area contributed by atoms with Crippen molar-refractivity contribution in [3.63, 3.8) is 0 Å². The molecule has 16 heavy (non-hydrogen) atoms. The lowest BCUT2D eigenvalue weighted by Gasteiger charge is -2.11. The van der Waals surface area contributed by atoms with Crippen LogP contribution in [-0.4, -0.2) is 33.7 Å². The number of rotatable bonds is 7. The number of carbonyl (C=O) groups is 2. The summed E-state index contributed by atoms with van der Waals surface area (Å²) in [7, 11) is -2.78. The Bertz CT molecular complexity index is 284. The van der Waals surface area contributed by atoms with E-state index in [0.29, 0.717) is 12.8 Å². The third-order valence-electron chi connectivity index (χ3n) is 1.88. The highest BCUT2D eigenvalue weighted by Crippen LogP contribution is 2.22. The molecule has 0 aromatic heterocycles. The summed E-state index contributed by atoms with van der Waals surface area (Å²) in [5.41, 5.74) is 5.47. The van der Waals surface area contributed by atoms with Crippen molar-refractivity contribution >= 4 is 19.9 Å². The summed E-state index contributed by atoms with van der Waals surface area (Å²) < 4.78 is 10.8. The number of carboxylic acids is 1. The van der Waals surface area contributed by atoms with Gasteiger partial charge in [-0.25, -0.2) is 0 Å². The van der Waals surface area contributed by atoms with Gasteiger partial charge in [0.05, 0.1) is 6.04 Å². The summed E-state index contributed by atoms with van der Waals surface area (Å²) in [6.07, 6.45) is 0.535. The van der Waals surface area contributed by atoms with Gasteiger partial charge in [0, 0.05) is 0 Å². The quantitative estimate of drug-likeness (QED) is 0.462. The first-order valence-electron chi connectivity index (χ1n) is 4.81. The van der Waals surface area contributed by atoms with Crippen molar-refractivity contribution in [3.05, 3.63) is 0 Å². The number of aliphatic carboxylic acids is 1. The van der Waals surface area contributed by atoms with Crippen LogP contribution in [0.3, 0.4) is 0 Å². The highest BCUT2D eigenvalue weighted by Gasteiger charge is 2.34. The third-order valence-corrected chi connectivity index (χ3v) is 2.72. The Morgan fingerprint density at radius 3 is 2.44 bits per heavy atom. The number of nitrogens with two attached hydrogens (primary N) is 1. The van der Waals surface area contributed by atoms with Gasteiger partial charge in [-0.3, -0.25) is 9.59 Å². The van der Waals surface area contributed by atoms with Crippen molar-refractivity contribution in [1.82, 2.24) is 5.32 Å². The molecule has 0 saturated carbocycles. The minimum Gasteiger partial charge on any atom is -0.481 e. The zero-order valence-corrected chi connectivity index (χ0v) is 9.81. The van der Waals surface area contributed by atoms with Crippen molar-refractivity contribution in [2.75, 3.05) is 0 Å². The minimum atomic E-state index is -2.78. The second-order valence-corrected chi connectivity index (χ2v) is 4.55. The normalized spacial score (nSPS) is 15.1. The van der Waals surface area contributed by atoms with Crippen molar-refractivity contribution in [2.45, 2.75) is 38.0 Å². The molecule has 92 valence electrons. The Morgan fingerprint density at radius 1 is 1.50 bits per heavy atom. The molecule has 0 spiro atoms. The van der Waals surface area contributed by atoms with E-state index in [2.05, 4.69) is 5.32 Å².